The third-order valence-electron chi connectivity index (χ3n) is 6.73. The third-order valence-corrected chi connectivity index (χ3v) is 6.73. The van der Waals surface area contributed by atoms with E-state index in [1.807, 2.05) is 93.0 Å². The second kappa shape index (κ2) is 9.99. The molecular weight excluding hydrogens is 504 g/mol. The zero-order chi connectivity index (χ0) is 27.8. The van der Waals surface area contributed by atoms with Crippen LogP contribution in [0.1, 0.15) is 40.3 Å². The lowest BCUT2D eigenvalue weighted by Gasteiger charge is -2.21. The fourth-order valence-corrected chi connectivity index (χ4v) is 4.87. The van der Waals surface area contributed by atoms with Crippen molar-refractivity contribution in [3.63, 3.8) is 0 Å². The number of aryl methyl sites for hydroxylation is 1. The van der Waals surface area contributed by atoms with E-state index in [9.17, 15) is 9.59 Å². The molecule has 10 nitrogen and oxygen atoms in total. The van der Waals surface area contributed by atoms with Crippen LogP contribution in [0.4, 0.5) is 5.82 Å². The minimum atomic E-state index is -0.560. The van der Waals surface area contributed by atoms with Gasteiger partial charge in [-0.2, -0.15) is 5.10 Å². The van der Waals surface area contributed by atoms with Crippen molar-refractivity contribution in [2.24, 2.45) is 7.05 Å². The number of nitrogens with zero attached hydrogens (tertiary/aromatic N) is 6. The van der Waals surface area contributed by atoms with Crippen molar-refractivity contribution in [3.8, 4) is 5.69 Å². The van der Waals surface area contributed by atoms with E-state index >= 15 is 0 Å². The quantitative estimate of drug-likeness (QED) is 0.335. The number of hydrogen-bond acceptors (Lipinski definition) is 6. The van der Waals surface area contributed by atoms with Gasteiger partial charge in [-0.15, -0.1) is 5.10 Å². The lowest BCUT2D eigenvalue weighted by atomic mass is 10.0. The Morgan fingerprint density at radius 1 is 1.00 bits per heavy atom. The zero-order valence-corrected chi connectivity index (χ0v) is 21.9. The summed E-state index contributed by atoms with van der Waals surface area (Å²) in [6, 6.07) is 20.1. The van der Waals surface area contributed by atoms with Gasteiger partial charge in [0.15, 0.2) is 11.5 Å². The van der Waals surface area contributed by atoms with Gasteiger partial charge in [-0.3, -0.25) is 18.8 Å². The Bertz CT molecular complexity index is 1970. The van der Waals surface area contributed by atoms with Gasteiger partial charge in [0, 0.05) is 37.0 Å². The highest BCUT2D eigenvalue weighted by Crippen LogP contribution is 2.25. The van der Waals surface area contributed by atoms with Crippen molar-refractivity contribution >= 4 is 40.3 Å². The van der Waals surface area contributed by atoms with Crippen molar-refractivity contribution in [1.29, 1.82) is 0 Å². The predicted molar refractivity (Wildman–Crippen MR) is 155 cm³/mol. The maximum atomic E-state index is 14.2. The number of carbonyl (C=O) groups excluding carboxylic acids is 1. The van der Waals surface area contributed by atoms with Crippen LogP contribution in [-0.2, 0) is 7.05 Å². The molecule has 0 bridgehead atoms. The second-order valence-electron chi connectivity index (χ2n) is 9.45. The first-order valence-corrected chi connectivity index (χ1v) is 12.7. The Kier molecular flexibility index (Phi) is 6.19. The molecule has 1 unspecified atom stereocenters. The number of anilines is 1. The Labute approximate surface area is 229 Å². The average molecular weight is 531 g/mol. The molecular formula is C30H26N8O2. The molecule has 0 radical (unpaired) electrons. The molecule has 198 valence electrons. The van der Waals surface area contributed by atoms with Crippen LogP contribution < -0.4 is 16.6 Å². The molecule has 0 spiro atoms. The van der Waals surface area contributed by atoms with Gasteiger partial charge >= 0.3 is 0 Å². The summed E-state index contributed by atoms with van der Waals surface area (Å²) < 4.78 is 4.83. The lowest BCUT2D eigenvalue weighted by molar-refractivity contribution is 0.0941. The Balaban J connectivity index is 1.46. The monoisotopic (exact) mass is 530 g/mol. The van der Waals surface area contributed by atoms with Crippen LogP contribution in [0.3, 0.4) is 0 Å². The number of benzene rings is 2. The highest BCUT2D eigenvalue weighted by molar-refractivity contribution is 6.04. The minimum Gasteiger partial charge on any atom is -0.381 e. The molecule has 2 aromatic carbocycles. The Morgan fingerprint density at radius 2 is 1.82 bits per heavy atom. The van der Waals surface area contributed by atoms with Gasteiger partial charge in [0.2, 0.25) is 0 Å². The van der Waals surface area contributed by atoms with Gasteiger partial charge in [0.1, 0.15) is 5.56 Å². The van der Waals surface area contributed by atoms with Gasteiger partial charge in [0.05, 0.1) is 17.1 Å². The molecule has 0 aliphatic rings. The molecule has 6 rings (SSSR count). The largest absolute Gasteiger partial charge is 0.381 e. The highest BCUT2D eigenvalue weighted by Gasteiger charge is 2.23. The van der Waals surface area contributed by atoms with Gasteiger partial charge in [-0.25, -0.2) is 9.50 Å². The number of rotatable bonds is 6. The number of pyridine rings is 1. The van der Waals surface area contributed by atoms with Gasteiger partial charge < -0.3 is 11.1 Å². The summed E-state index contributed by atoms with van der Waals surface area (Å²) in [6.45, 7) is 1.83. The van der Waals surface area contributed by atoms with E-state index in [0.717, 1.165) is 16.6 Å². The lowest BCUT2D eigenvalue weighted by Crippen LogP contribution is -2.32. The van der Waals surface area contributed by atoms with Crippen LogP contribution in [0, 0.1) is 0 Å². The van der Waals surface area contributed by atoms with Crippen LogP contribution in [0.15, 0.2) is 90.1 Å². The molecule has 0 saturated heterocycles. The number of carbonyl (C=O) groups is 1. The standard InChI is InChI=1S/C30H26N8O2/c1-19(33-29(39)26-27(31)35-37-16-7-15-32-28(26)37)24-18-21-9-6-8-20(12-13-22-14-17-36(2)34-22)25(21)30(40)38(24)23-10-4-3-5-11-23/h3-19H,1-2H3,(H2,31,35)(H,33,39)/b13-12+. The SMILES string of the molecule is CC(NC(=O)c1c(N)nn2cccnc12)c1cc2cccc(/C=C/c3ccn(C)n3)c2c(=O)n1-c1ccccc1. The number of fused-ring (bicyclic) bond motifs is 2. The Hall–Kier alpha value is -5.51. The number of nitrogen functional groups attached to an aromatic ring is 1. The molecule has 4 heterocycles. The van der Waals surface area contributed by atoms with E-state index in [0.29, 0.717) is 22.4 Å². The number of para-hydroxylation sites is 1. The fraction of sp³-hybridized carbons (Fsp3) is 0.100. The third kappa shape index (κ3) is 4.41. The first kappa shape index (κ1) is 24.8. The first-order chi connectivity index (χ1) is 19.4. The van der Waals surface area contributed by atoms with E-state index in [1.54, 1.807) is 27.7 Å². The number of hydrogen-bond donors (Lipinski definition) is 2. The average Bonchev–Trinajstić information content (AvgIpc) is 3.53. The molecule has 0 aliphatic carbocycles. The second-order valence-corrected chi connectivity index (χ2v) is 9.45. The van der Waals surface area contributed by atoms with E-state index in [2.05, 4.69) is 20.5 Å². The summed E-state index contributed by atoms with van der Waals surface area (Å²) in [5.41, 5.74) is 9.28. The van der Waals surface area contributed by atoms with Gasteiger partial charge in [0.25, 0.3) is 11.5 Å². The van der Waals surface area contributed by atoms with Crippen LogP contribution in [0.2, 0.25) is 0 Å². The number of amides is 1. The van der Waals surface area contributed by atoms with Crippen LogP contribution >= 0.6 is 0 Å². The molecule has 4 aromatic heterocycles. The molecule has 0 aliphatic heterocycles. The minimum absolute atomic E-state index is 0.0756. The van der Waals surface area contributed by atoms with Crippen molar-refractivity contribution in [3.05, 3.63) is 118 Å². The van der Waals surface area contributed by atoms with Crippen molar-refractivity contribution in [2.75, 3.05) is 5.73 Å². The van der Waals surface area contributed by atoms with E-state index < -0.39 is 11.9 Å². The normalized spacial score (nSPS) is 12.3. The molecule has 10 heteroatoms. The van der Waals surface area contributed by atoms with E-state index in [1.165, 1.54) is 4.52 Å². The topological polar surface area (TPSA) is 125 Å². The zero-order valence-electron chi connectivity index (χ0n) is 21.9. The molecule has 0 saturated carbocycles. The Morgan fingerprint density at radius 3 is 2.60 bits per heavy atom. The van der Waals surface area contributed by atoms with Crippen molar-refractivity contribution < 1.29 is 4.79 Å². The fourth-order valence-electron chi connectivity index (χ4n) is 4.87. The van der Waals surface area contributed by atoms with Gasteiger partial charge in [-0.1, -0.05) is 42.5 Å². The van der Waals surface area contributed by atoms with Crippen molar-refractivity contribution in [1.82, 2.24) is 34.3 Å². The van der Waals surface area contributed by atoms with E-state index in [4.69, 9.17) is 5.73 Å². The molecule has 3 N–H and O–H groups in total. The highest BCUT2D eigenvalue weighted by atomic mass is 16.2. The molecule has 1 amide bonds. The molecule has 0 fully saturated rings. The van der Waals surface area contributed by atoms with Gasteiger partial charge in [-0.05, 0) is 54.3 Å². The molecule has 6 aromatic rings. The van der Waals surface area contributed by atoms with E-state index in [-0.39, 0.29) is 16.9 Å². The molecule has 40 heavy (non-hydrogen) atoms. The number of nitrogens with one attached hydrogen (secondary N) is 1. The summed E-state index contributed by atoms with van der Waals surface area (Å²) in [4.78, 5) is 31.9. The maximum absolute atomic E-state index is 14.2. The van der Waals surface area contributed by atoms with Crippen LogP contribution in [0.5, 0.6) is 0 Å². The number of aromatic nitrogens is 6. The van der Waals surface area contributed by atoms with Crippen LogP contribution in [0.25, 0.3) is 34.3 Å². The summed E-state index contributed by atoms with van der Waals surface area (Å²) in [5, 5.41) is 12.9. The van der Waals surface area contributed by atoms with Crippen LogP contribution in [-0.4, -0.2) is 34.9 Å². The summed E-state index contributed by atoms with van der Waals surface area (Å²) in [7, 11) is 1.86. The molecule has 1 atom stereocenters. The smallest absolute Gasteiger partial charge is 0.263 e. The summed E-state index contributed by atoms with van der Waals surface area (Å²) >= 11 is 0. The van der Waals surface area contributed by atoms with Crippen molar-refractivity contribution in [2.45, 2.75) is 13.0 Å². The summed E-state index contributed by atoms with van der Waals surface area (Å²) in [5.74, 6) is -0.357. The predicted octanol–water partition coefficient (Wildman–Crippen LogP) is 4.01. The summed E-state index contributed by atoms with van der Waals surface area (Å²) in [6.07, 6.45) is 8.89. The number of nitrogens with two attached hydrogens (primary N) is 1. The maximum Gasteiger partial charge on any atom is 0.263 e. The first-order valence-electron chi connectivity index (χ1n) is 12.7.